The second-order valence-corrected chi connectivity index (χ2v) is 5.38. The Morgan fingerprint density at radius 3 is 2.43 bits per heavy atom. The van der Waals surface area contributed by atoms with Crippen molar-refractivity contribution in [3.05, 3.63) is 58.7 Å². The van der Waals surface area contributed by atoms with Gasteiger partial charge in [0.2, 0.25) is 0 Å². The number of ether oxygens (including phenoxy) is 1. The smallest absolute Gasteiger partial charge is 0.123 e. The van der Waals surface area contributed by atoms with Gasteiger partial charge in [0.1, 0.15) is 5.75 Å². The zero-order valence-corrected chi connectivity index (χ0v) is 13.6. The van der Waals surface area contributed by atoms with Gasteiger partial charge in [0.05, 0.1) is 12.5 Å². The van der Waals surface area contributed by atoms with Crippen LogP contribution in [0.3, 0.4) is 0 Å². The number of alkyl halides is 1. The fourth-order valence-electron chi connectivity index (χ4n) is 2.41. The van der Waals surface area contributed by atoms with Gasteiger partial charge in [-0.05, 0) is 55.7 Å². The lowest BCUT2D eigenvalue weighted by molar-refractivity contribution is 0.337. The molecule has 0 fully saturated rings. The molecule has 112 valence electrons. The Morgan fingerprint density at radius 2 is 1.81 bits per heavy atom. The van der Waals surface area contributed by atoms with Gasteiger partial charge in [0.25, 0.3) is 0 Å². The molecule has 21 heavy (non-hydrogen) atoms. The molecule has 0 unspecified atom stereocenters. The summed E-state index contributed by atoms with van der Waals surface area (Å²) >= 11 is 6.00. The van der Waals surface area contributed by atoms with E-state index in [1.807, 2.05) is 19.1 Å². The number of anilines is 1. The van der Waals surface area contributed by atoms with Crippen LogP contribution in [0.15, 0.2) is 36.4 Å². The van der Waals surface area contributed by atoms with Crippen molar-refractivity contribution in [2.75, 3.05) is 11.9 Å². The molecular weight excluding hydrogens is 282 g/mol. The van der Waals surface area contributed by atoms with Gasteiger partial charge < -0.3 is 10.1 Å². The summed E-state index contributed by atoms with van der Waals surface area (Å²) in [6.45, 7) is 7.73. The van der Waals surface area contributed by atoms with Crippen molar-refractivity contribution in [1.29, 1.82) is 0 Å². The molecule has 1 N–H and O–H groups in total. The first-order chi connectivity index (χ1) is 10.2. The van der Waals surface area contributed by atoms with E-state index in [2.05, 4.69) is 43.4 Å². The number of nitrogens with one attached hydrogen (secondary N) is 1. The average molecular weight is 304 g/mol. The summed E-state index contributed by atoms with van der Waals surface area (Å²) in [5.74, 6) is 1.32. The number of hydrogen-bond donors (Lipinski definition) is 1. The predicted molar refractivity (Wildman–Crippen MR) is 90.4 cm³/mol. The maximum absolute atomic E-state index is 6.00. The molecule has 0 amide bonds. The zero-order valence-electron chi connectivity index (χ0n) is 12.9. The monoisotopic (exact) mass is 303 g/mol. The molecule has 0 heterocycles. The van der Waals surface area contributed by atoms with Crippen LogP contribution in [-0.2, 0) is 12.4 Å². The van der Waals surface area contributed by atoms with Crippen LogP contribution in [0, 0.1) is 13.8 Å². The van der Waals surface area contributed by atoms with Gasteiger partial charge in [-0.1, -0.05) is 18.2 Å². The molecule has 2 nitrogen and oxygen atoms in total. The Labute approximate surface area is 132 Å². The standard InChI is InChI=1S/C18H22ClNO/c1-4-21-18-9-8-16(10-15(18)11-19)20-12-17-13(2)6-5-7-14(17)3/h5-10,20H,4,11-12H2,1-3H3. The van der Waals surface area contributed by atoms with Crippen LogP contribution < -0.4 is 10.1 Å². The minimum Gasteiger partial charge on any atom is -0.494 e. The van der Waals surface area contributed by atoms with Crippen molar-refractivity contribution >= 4 is 17.3 Å². The Balaban J connectivity index is 2.13. The summed E-state index contributed by atoms with van der Waals surface area (Å²) in [6.07, 6.45) is 0. The summed E-state index contributed by atoms with van der Waals surface area (Å²) in [5.41, 5.74) is 6.05. The molecule has 2 rings (SSSR count). The van der Waals surface area contributed by atoms with Crippen molar-refractivity contribution in [3.63, 3.8) is 0 Å². The van der Waals surface area contributed by atoms with Crippen LogP contribution in [0.2, 0.25) is 0 Å². The lowest BCUT2D eigenvalue weighted by Gasteiger charge is -2.14. The van der Waals surface area contributed by atoms with E-state index >= 15 is 0 Å². The second kappa shape index (κ2) is 7.37. The molecule has 0 aromatic heterocycles. The molecule has 0 aliphatic heterocycles. The zero-order chi connectivity index (χ0) is 15.2. The maximum Gasteiger partial charge on any atom is 0.123 e. The van der Waals surface area contributed by atoms with Gasteiger partial charge >= 0.3 is 0 Å². The van der Waals surface area contributed by atoms with Crippen LogP contribution >= 0.6 is 11.6 Å². The lowest BCUT2D eigenvalue weighted by Crippen LogP contribution is -2.04. The molecule has 3 heteroatoms. The normalized spacial score (nSPS) is 10.5. The number of benzene rings is 2. The molecular formula is C18H22ClNO. The quantitative estimate of drug-likeness (QED) is 0.754. The highest BCUT2D eigenvalue weighted by Gasteiger charge is 2.06. The maximum atomic E-state index is 6.00. The number of aryl methyl sites for hydroxylation is 2. The third-order valence-electron chi connectivity index (χ3n) is 3.62. The van der Waals surface area contributed by atoms with Gasteiger partial charge in [-0.2, -0.15) is 0 Å². The Hall–Kier alpha value is -1.67. The SMILES string of the molecule is CCOc1ccc(NCc2c(C)cccc2C)cc1CCl. The van der Waals surface area contributed by atoms with Crippen LogP contribution in [0.4, 0.5) is 5.69 Å². The third-order valence-corrected chi connectivity index (χ3v) is 3.91. The number of halogens is 1. The minimum absolute atomic E-state index is 0.453. The van der Waals surface area contributed by atoms with Crippen molar-refractivity contribution < 1.29 is 4.74 Å². The van der Waals surface area contributed by atoms with Crippen molar-refractivity contribution in [2.45, 2.75) is 33.2 Å². The predicted octanol–water partition coefficient (Wildman–Crippen LogP) is 5.05. The first-order valence-electron chi connectivity index (χ1n) is 7.26. The molecule has 0 aliphatic rings. The second-order valence-electron chi connectivity index (χ2n) is 5.11. The Kier molecular flexibility index (Phi) is 5.51. The average Bonchev–Trinajstić information content (AvgIpc) is 2.48. The lowest BCUT2D eigenvalue weighted by atomic mass is 10.0. The van der Waals surface area contributed by atoms with Crippen molar-refractivity contribution in [3.8, 4) is 5.75 Å². The molecule has 0 radical (unpaired) electrons. The van der Waals surface area contributed by atoms with Gasteiger partial charge in [-0.3, -0.25) is 0 Å². The first-order valence-corrected chi connectivity index (χ1v) is 7.79. The first kappa shape index (κ1) is 15.7. The third kappa shape index (κ3) is 3.92. The van der Waals surface area contributed by atoms with E-state index in [9.17, 15) is 0 Å². The topological polar surface area (TPSA) is 21.3 Å². The highest BCUT2D eigenvalue weighted by Crippen LogP contribution is 2.25. The van der Waals surface area contributed by atoms with Crippen LogP contribution in [0.25, 0.3) is 0 Å². The van der Waals surface area contributed by atoms with Gasteiger partial charge in [0.15, 0.2) is 0 Å². The molecule has 0 saturated heterocycles. The van der Waals surface area contributed by atoms with E-state index in [1.54, 1.807) is 0 Å². The summed E-state index contributed by atoms with van der Waals surface area (Å²) in [5, 5.41) is 3.47. The van der Waals surface area contributed by atoms with Crippen molar-refractivity contribution in [1.82, 2.24) is 0 Å². The van der Waals surface area contributed by atoms with Crippen LogP contribution in [0.5, 0.6) is 5.75 Å². The molecule has 0 atom stereocenters. The molecule has 0 aliphatic carbocycles. The summed E-state index contributed by atoms with van der Waals surface area (Å²) in [4.78, 5) is 0. The van der Waals surface area contributed by atoms with E-state index in [0.717, 1.165) is 23.5 Å². The van der Waals surface area contributed by atoms with E-state index in [1.165, 1.54) is 16.7 Å². The van der Waals surface area contributed by atoms with Gasteiger partial charge in [0, 0.05) is 17.8 Å². The summed E-state index contributed by atoms with van der Waals surface area (Å²) < 4.78 is 5.57. The summed E-state index contributed by atoms with van der Waals surface area (Å²) in [7, 11) is 0. The van der Waals surface area contributed by atoms with Crippen LogP contribution in [-0.4, -0.2) is 6.61 Å². The van der Waals surface area contributed by atoms with Gasteiger partial charge in [-0.25, -0.2) is 0 Å². The fourth-order valence-corrected chi connectivity index (χ4v) is 2.62. The van der Waals surface area contributed by atoms with E-state index in [0.29, 0.717) is 12.5 Å². The van der Waals surface area contributed by atoms with E-state index in [-0.39, 0.29) is 0 Å². The molecule has 0 saturated carbocycles. The van der Waals surface area contributed by atoms with E-state index in [4.69, 9.17) is 16.3 Å². The number of rotatable bonds is 6. The minimum atomic E-state index is 0.453. The molecule has 0 spiro atoms. The number of hydrogen-bond acceptors (Lipinski definition) is 2. The van der Waals surface area contributed by atoms with Crippen molar-refractivity contribution in [2.24, 2.45) is 0 Å². The summed E-state index contributed by atoms with van der Waals surface area (Å²) in [6, 6.07) is 12.5. The van der Waals surface area contributed by atoms with E-state index < -0.39 is 0 Å². The van der Waals surface area contributed by atoms with Gasteiger partial charge in [-0.15, -0.1) is 11.6 Å². The Morgan fingerprint density at radius 1 is 1.10 bits per heavy atom. The molecule has 2 aromatic carbocycles. The highest BCUT2D eigenvalue weighted by molar-refractivity contribution is 6.17. The van der Waals surface area contributed by atoms with Crippen LogP contribution in [0.1, 0.15) is 29.2 Å². The largest absolute Gasteiger partial charge is 0.494 e. The molecule has 2 aromatic rings. The highest BCUT2D eigenvalue weighted by atomic mass is 35.5. The Bertz CT molecular complexity index is 590. The fraction of sp³-hybridized carbons (Fsp3) is 0.333. The molecule has 0 bridgehead atoms.